The van der Waals surface area contributed by atoms with Gasteiger partial charge in [-0.1, -0.05) is 26.2 Å². The van der Waals surface area contributed by atoms with Crippen LogP contribution in [0.2, 0.25) is 0 Å². The molecule has 1 aliphatic carbocycles. The summed E-state index contributed by atoms with van der Waals surface area (Å²) in [5.41, 5.74) is 0.987. The van der Waals surface area contributed by atoms with Gasteiger partial charge in [-0.3, -0.25) is 0 Å². The van der Waals surface area contributed by atoms with E-state index in [-0.39, 0.29) is 0 Å². The second-order valence-corrected chi connectivity index (χ2v) is 6.19. The first-order valence-corrected chi connectivity index (χ1v) is 8.35. The average Bonchev–Trinajstić information content (AvgIpc) is 2.87. The maximum absolute atomic E-state index is 6.07. The largest absolute Gasteiger partial charge is 0.377 e. The second kappa shape index (κ2) is 7.46. The molecule has 0 aromatic carbocycles. The minimum atomic E-state index is 0.483. The van der Waals surface area contributed by atoms with Crippen LogP contribution < -0.4 is 0 Å². The van der Waals surface area contributed by atoms with Crippen molar-refractivity contribution in [1.29, 1.82) is 0 Å². The summed E-state index contributed by atoms with van der Waals surface area (Å²) in [6, 6.07) is 0. The molecule has 2 unspecified atom stereocenters. The Kier molecular flexibility index (Phi) is 5.93. The molecule has 0 amide bonds. The van der Waals surface area contributed by atoms with E-state index in [2.05, 4.69) is 11.9 Å². The molecule has 0 spiro atoms. The van der Waals surface area contributed by atoms with Crippen LogP contribution >= 0.6 is 22.9 Å². The van der Waals surface area contributed by atoms with Gasteiger partial charge in [0.2, 0.25) is 0 Å². The number of thiazole rings is 1. The molecular weight excluding hydrogens is 266 g/mol. The number of alkyl halides is 1. The van der Waals surface area contributed by atoms with Crippen LogP contribution in [0.1, 0.15) is 49.7 Å². The summed E-state index contributed by atoms with van der Waals surface area (Å²) >= 11 is 7.44. The highest BCUT2D eigenvalue weighted by atomic mass is 35.5. The summed E-state index contributed by atoms with van der Waals surface area (Å²) in [5, 5.41) is 3.19. The van der Waals surface area contributed by atoms with E-state index in [9.17, 15) is 0 Å². The van der Waals surface area contributed by atoms with Crippen LogP contribution in [0.3, 0.4) is 0 Å². The molecule has 0 bridgehead atoms. The maximum Gasteiger partial charge on any atom is 0.0951 e. The normalized spacial score (nSPS) is 24.3. The summed E-state index contributed by atoms with van der Waals surface area (Å²) in [5.74, 6) is 1.28. The summed E-state index contributed by atoms with van der Waals surface area (Å²) in [7, 11) is 0. The van der Waals surface area contributed by atoms with E-state index >= 15 is 0 Å². The Bertz CT molecular complexity index is 355. The van der Waals surface area contributed by atoms with Gasteiger partial charge < -0.3 is 4.74 Å². The van der Waals surface area contributed by atoms with Gasteiger partial charge in [-0.25, -0.2) is 4.98 Å². The van der Waals surface area contributed by atoms with E-state index in [1.807, 2.05) is 5.38 Å². The molecule has 0 aliphatic heterocycles. The Morgan fingerprint density at radius 1 is 1.44 bits per heavy atom. The number of halogens is 1. The Morgan fingerprint density at radius 2 is 2.28 bits per heavy atom. The van der Waals surface area contributed by atoms with Gasteiger partial charge in [-0.05, 0) is 18.8 Å². The fourth-order valence-electron chi connectivity index (χ4n) is 2.68. The molecule has 2 rings (SSSR count). The standard InChI is InChI=1S/C14H22ClNOS/c1-2-11-5-3-4-6-13(11)17-8-7-14-16-12(9-15)10-18-14/h10-11,13H,2-9H2,1H3. The van der Waals surface area contributed by atoms with Crippen LogP contribution in [0, 0.1) is 5.92 Å². The predicted octanol–water partition coefficient (Wildman–Crippen LogP) is 4.41. The molecule has 1 aromatic rings. The molecule has 1 saturated carbocycles. The van der Waals surface area contributed by atoms with Gasteiger partial charge in [0, 0.05) is 11.8 Å². The fourth-order valence-corrected chi connectivity index (χ4v) is 3.69. The minimum absolute atomic E-state index is 0.483. The number of aromatic nitrogens is 1. The van der Waals surface area contributed by atoms with Crippen molar-refractivity contribution in [2.75, 3.05) is 6.61 Å². The molecule has 18 heavy (non-hydrogen) atoms. The van der Waals surface area contributed by atoms with Gasteiger partial charge in [0.05, 0.1) is 29.3 Å². The Labute approximate surface area is 119 Å². The van der Waals surface area contributed by atoms with Crippen LogP contribution in [0.4, 0.5) is 0 Å². The van der Waals surface area contributed by atoms with Crippen molar-refractivity contribution in [2.45, 2.75) is 57.4 Å². The third-order valence-corrected chi connectivity index (χ3v) is 4.98. The third kappa shape index (κ3) is 3.94. The van der Waals surface area contributed by atoms with Gasteiger partial charge in [0.25, 0.3) is 0 Å². The summed E-state index contributed by atoms with van der Waals surface area (Å²) < 4.78 is 6.07. The van der Waals surface area contributed by atoms with Crippen molar-refractivity contribution in [3.63, 3.8) is 0 Å². The molecule has 2 atom stereocenters. The molecule has 0 saturated heterocycles. The number of nitrogens with zero attached hydrogens (tertiary/aromatic N) is 1. The first-order chi connectivity index (χ1) is 8.83. The van der Waals surface area contributed by atoms with Crippen molar-refractivity contribution in [3.05, 3.63) is 16.1 Å². The van der Waals surface area contributed by atoms with Crippen LogP contribution in [0.25, 0.3) is 0 Å². The van der Waals surface area contributed by atoms with E-state index in [0.717, 1.165) is 29.6 Å². The zero-order valence-electron chi connectivity index (χ0n) is 11.0. The molecule has 1 aromatic heterocycles. The molecule has 102 valence electrons. The highest BCUT2D eigenvalue weighted by Gasteiger charge is 2.23. The average molecular weight is 288 g/mol. The SMILES string of the molecule is CCC1CCCCC1OCCc1nc(CCl)cs1. The van der Waals surface area contributed by atoms with Crippen LogP contribution in [-0.4, -0.2) is 17.7 Å². The Hall–Kier alpha value is -0.120. The summed E-state index contributed by atoms with van der Waals surface area (Å²) in [4.78, 5) is 4.46. The smallest absolute Gasteiger partial charge is 0.0951 e. The summed E-state index contributed by atoms with van der Waals surface area (Å²) in [6.07, 6.45) is 7.94. The molecule has 2 nitrogen and oxygen atoms in total. The second-order valence-electron chi connectivity index (χ2n) is 4.98. The van der Waals surface area contributed by atoms with Gasteiger partial charge in [0.1, 0.15) is 0 Å². The quantitative estimate of drug-likeness (QED) is 0.723. The van der Waals surface area contributed by atoms with E-state index in [1.165, 1.54) is 32.1 Å². The zero-order chi connectivity index (χ0) is 12.8. The van der Waals surface area contributed by atoms with E-state index in [0.29, 0.717) is 12.0 Å². The van der Waals surface area contributed by atoms with Crippen molar-refractivity contribution in [3.8, 4) is 0 Å². The number of ether oxygens (including phenoxy) is 1. The summed E-state index contributed by atoms with van der Waals surface area (Å²) in [6.45, 7) is 3.08. The van der Waals surface area contributed by atoms with Crippen LogP contribution in [0.15, 0.2) is 5.38 Å². The van der Waals surface area contributed by atoms with Gasteiger partial charge >= 0.3 is 0 Å². The molecule has 4 heteroatoms. The molecule has 1 aliphatic rings. The lowest BCUT2D eigenvalue weighted by atomic mass is 9.85. The van der Waals surface area contributed by atoms with Gasteiger partial charge in [-0.2, -0.15) is 0 Å². The van der Waals surface area contributed by atoms with Crippen molar-refractivity contribution >= 4 is 22.9 Å². The van der Waals surface area contributed by atoms with Gasteiger partial charge in [-0.15, -0.1) is 22.9 Å². The predicted molar refractivity (Wildman–Crippen MR) is 77.4 cm³/mol. The lowest BCUT2D eigenvalue weighted by Crippen LogP contribution is -2.28. The third-order valence-electron chi connectivity index (χ3n) is 3.75. The number of rotatable bonds is 6. The lowest BCUT2D eigenvalue weighted by Gasteiger charge is -2.30. The van der Waals surface area contributed by atoms with Crippen LogP contribution in [-0.2, 0) is 17.0 Å². The van der Waals surface area contributed by atoms with E-state index < -0.39 is 0 Å². The Balaban J connectivity index is 1.73. The fraction of sp³-hybridized carbons (Fsp3) is 0.786. The molecular formula is C14H22ClNOS. The van der Waals surface area contributed by atoms with Crippen molar-refractivity contribution in [2.24, 2.45) is 5.92 Å². The molecule has 0 N–H and O–H groups in total. The number of hydrogen-bond acceptors (Lipinski definition) is 3. The highest BCUT2D eigenvalue weighted by molar-refractivity contribution is 7.09. The monoisotopic (exact) mass is 287 g/mol. The minimum Gasteiger partial charge on any atom is -0.377 e. The van der Waals surface area contributed by atoms with Crippen molar-refractivity contribution < 1.29 is 4.74 Å². The van der Waals surface area contributed by atoms with E-state index in [1.54, 1.807) is 11.3 Å². The highest BCUT2D eigenvalue weighted by Crippen LogP contribution is 2.29. The van der Waals surface area contributed by atoms with Crippen LogP contribution in [0.5, 0.6) is 0 Å². The first-order valence-electron chi connectivity index (χ1n) is 6.94. The van der Waals surface area contributed by atoms with Crippen molar-refractivity contribution in [1.82, 2.24) is 4.98 Å². The molecule has 1 fully saturated rings. The van der Waals surface area contributed by atoms with Gasteiger partial charge in [0.15, 0.2) is 0 Å². The lowest BCUT2D eigenvalue weighted by molar-refractivity contribution is -0.0104. The first kappa shape index (κ1) is 14.3. The number of hydrogen-bond donors (Lipinski definition) is 0. The molecule has 1 heterocycles. The Morgan fingerprint density at radius 3 is 3.00 bits per heavy atom. The zero-order valence-corrected chi connectivity index (χ0v) is 12.6. The maximum atomic E-state index is 6.07. The topological polar surface area (TPSA) is 22.1 Å². The molecule has 0 radical (unpaired) electrons. The van der Waals surface area contributed by atoms with E-state index in [4.69, 9.17) is 16.3 Å².